The molecule has 0 saturated heterocycles. The van der Waals surface area contributed by atoms with Crippen molar-refractivity contribution in [3.8, 4) is 0 Å². The summed E-state index contributed by atoms with van der Waals surface area (Å²) in [6, 6.07) is 0.628. The molecule has 0 radical (unpaired) electrons. The standard InChI is InChI=1S/C11H8F6O3/c1-4-5(8(18)9(19)20)2-3-6(10(12,13)14)7(4)11(15,16)17/h2-3,8,18H,1H3,(H,19,20). The summed E-state index contributed by atoms with van der Waals surface area (Å²) < 4.78 is 76.0. The minimum Gasteiger partial charge on any atom is -0.479 e. The van der Waals surface area contributed by atoms with E-state index in [9.17, 15) is 36.2 Å². The zero-order valence-electron chi connectivity index (χ0n) is 9.80. The number of carboxylic acid groups (broad SMARTS) is 1. The van der Waals surface area contributed by atoms with Gasteiger partial charge in [-0.05, 0) is 24.1 Å². The van der Waals surface area contributed by atoms with Gasteiger partial charge in [-0.25, -0.2) is 4.79 Å². The van der Waals surface area contributed by atoms with Crippen molar-refractivity contribution in [1.29, 1.82) is 0 Å². The summed E-state index contributed by atoms with van der Waals surface area (Å²) in [5.41, 5.74) is -5.63. The van der Waals surface area contributed by atoms with Crippen LogP contribution in [0.3, 0.4) is 0 Å². The molecule has 0 aliphatic rings. The van der Waals surface area contributed by atoms with Crippen molar-refractivity contribution in [2.75, 3.05) is 0 Å². The largest absolute Gasteiger partial charge is 0.479 e. The molecule has 9 heteroatoms. The van der Waals surface area contributed by atoms with Gasteiger partial charge in [0.2, 0.25) is 0 Å². The second-order valence-corrected chi connectivity index (χ2v) is 3.94. The molecular weight excluding hydrogens is 294 g/mol. The predicted octanol–water partition coefficient (Wildman–Crippen LogP) is 3.15. The van der Waals surface area contributed by atoms with Gasteiger partial charge in [0.15, 0.2) is 6.10 Å². The van der Waals surface area contributed by atoms with Crippen molar-refractivity contribution in [2.24, 2.45) is 0 Å². The number of benzene rings is 1. The maximum atomic E-state index is 12.8. The Kier molecular flexibility index (Phi) is 4.04. The monoisotopic (exact) mass is 302 g/mol. The molecule has 20 heavy (non-hydrogen) atoms. The molecule has 1 rings (SSSR count). The smallest absolute Gasteiger partial charge is 0.417 e. The fourth-order valence-electron chi connectivity index (χ4n) is 1.76. The molecule has 0 aliphatic heterocycles. The lowest BCUT2D eigenvalue weighted by molar-refractivity contribution is -0.162. The quantitative estimate of drug-likeness (QED) is 0.825. The third kappa shape index (κ3) is 3.03. The van der Waals surface area contributed by atoms with Gasteiger partial charge in [-0.3, -0.25) is 0 Å². The summed E-state index contributed by atoms with van der Waals surface area (Å²) >= 11 is 0. The van der Waals surface area contributed by atoms with E-state index in [1.54, 1.807) is 0 Å². The fourth-order valence-corrected chi connectivity index (χ4v) is 1.76. The van der Waals surface area contributed by atoms with Gasteiger partial charge in [-0.15, -0.1) is 0 Å². The average molecular weight is 302 g/mol. The molecular formula is C11H8F6O3. The fraction of sp³-hybridized carbons (Fsp3) is 0.364. The summed E-state index contributed by atoms with van der Waals surface area (Å²) in [6.45, 7) is 0.680. The lowest BCUT2D eigenvalue weighted by atomic mass is 9.93. The highest BCUT2D eigenvalue weighted by atomic mass is 19.4. The van der Waals surface area contributed by atoms with E-state index >= 15 is 0 Å². The SMILES string of the molecule is Cc1c(C(O)C(=O)O)ccc(C(F)(F)F)c1C(F)(F)F. The highest BCUT2D eigenvalue weighted by Gasteiger charge is 2.45. The molecule has 1 aromatic rings. The molecule has 0 saturated carbocycles. The number of hydrogen-bond acceptors (Lipinski definition) is 2. The molecule has 1 unspecified atom stereocenters. The van der Waals surface area contributed by atoms with Crippen LogP contribution in [-0.2, 0) is 17.1 Å². The van der Waals surface area contributed by atoms with Gasteiger partial charge < -0.3 is 10.2 Å². The topological polar surface area (TPSA) is 57.5 Å². The lowest BCUT2D eigenvalue weighted by Crippen LogP contribution is -2.21. The number of hydrogen-bond donors (Lipinski definition) is 2. The van der Waals surface area contributed by atoms with Gasteiger partial charge in [0.1, 0.15) is 0 Å². The summed E-state index contributed by atoms with van der Waals surface area (Å²) in [6.07, 6.45) is -12.9. The average Bonchev–Trinajstić information content (AvgIpc) is 2.24. The maximum absolute atomic E-state index is 12.8. The number of aliphatic hydroxyl groups excluding tert-OH is 1. The first kappa shape index (κ1) is 16.3. The Morgan fingerprint density at radius 1 is 1.10 bits per heavy atom. The van der Waals surface area contributed by atoms with Crippen LogP contribution in [-0.4, -0.2) is 16.2 Å². The van der Waals surface area contributed by atoms with Gasteiger partial charge in [0.25, 0.3) is 0 Å². The highest BCUT2D eigenvalue weighted by Crippen LogP contribution is 2.43. The molecule has 0 fully saturated rings. The van der Waals surface area contributed by atoms with E-state index in [4.69, 9.17) is 5.11 Å². The minimum atomic E-state index is -5.33. The Morgan fingerprint density at radius 2 is 1.60 bits per heavy atom. The Balaban J connectivity index is 3.65. The molecule has 0 spiro atoms. The van der Waals surface area contributed by atoms with Gasteiger partial charge in [-0.1, -0.05) is 6.07 Å². The van der Waals surface area contributed by atoms with E-state index in [1.807, 2.05) is 0 Å². The Hall–Kier alpha value is -1.77. The Bertz CT molecular complexity index is 532. The van der Waals surface area contributed by atoms with E-state index in [2.05, 4.69) is 0 Å². The highest BCUT2D eigenvalue weighted by molar-refractivity contribution is 5.75. The van der Waals surface area contributed by atoms with Crippen molar-refractivity contribution in [1.82, 2.24) is 0 Å². The Morgan fingerprint density at radius 3 is 1.95 bits per heavy atom. The van der Waals surface area contributed by atoms with Crippen LogP contribution in [0, 0.1) is 6.92 Å². The minimum absolute atomic E-state index is 0.108. The lowest BCUT2D eigenvalue weighted by Gasteiger charge is -2.21. The summed E-state index contributed by atoms with van der Waals surface area (Å²) in [5.74, 6) is -1.86. The van der Waals surface area contributed by atoms with Crippen LogP contribution in [0.2, 0.25) is 0 Å². The van der Waals surface area contributed by atoms with E-state index in [0.717, 1.165) is 0 Å². The number of carboxylic acids is 1. The first-order chi connectivity index (χ1) is 8.87. The molecule has 1 aromatic carbocycles. The summed E-state index contributed by atoms with van der Waals surface area (Å²) in [4.78, 5) is 10.5. The molecule has 2 N–H and O–H groups in total. The number of halogens is 6. The molecule has 0 aromatic heterocycles. The van der Waals surface area contributed by atoms with Crippen molar-refractivity contribution >= 4 is 5.97 Å². The van der Waals surface area contributed by atoms with Gasteiger partial charge in [0, 0.05) is 0 Å². The normalized spacial score (nSPS) is 14.2. The second kappa shape index (κ2) is 4.97. The zero-order chi connectivity index (χ0) is 15.9. The number of alkyl halides is 6. The summed E-state index contributed by atoms with van der Waals surface area (Å²) in [5, 5.41) is 17.7. The number of aliphatic hydroxyl groups is 1. The van der Waals surface area contributed by atoms with Crippen LogP contribution >= 0.6 is 0 Å². The van der Waals surface area contributed by atoms with Crippen LogP contribution in [0.1, 0.15) is 28.4 Å². The van der Waals surface area contributed by atoms with Crippen molar-refractivity contribution < 1.29 is 41.4 Å². The maximum Gasteiger partial charge on any atom is 0.417 e. The van der Waals surface area contributed by atoms with Crippen LogP contribution in [0.4, 0.5) is 26.3 Å². The number of aliphatic carboxylic acids is 1. The van der Waals surface area contributed by atoms with E-state index < -0.39 is 46.7 Å². The van der Waals surface area contributed by atoms with E-state index in [1.165, 1.54) is 0 Å². The van der Waals surface area contributed by atoms with Gasteiger partial charge >= 0.3 is 18.3 Å². The van der Waals surface area contributed by atoms with E-state index in [0.29, 0.717) is 13.0 Å². The molecule has 0 aliphatic carbocycles. The van der Waals surface area contributed by atoms with Crippen LogP contribution in [0.25, 0.3) is 0 Å². The predicted molar refractivity (Wildman–Crippen MR) is 53.8 cm³/mol. The number of rotatable bonds is 2. The second-order valence-electron chi connectivity index (χ2n) is 3.94. The van der Waals surface area contributed by atoms with E-state index in [-0.39, 0.29) is 6.07 Å². The molecule has 3 nitrogen and oxygen atoms in total. The van der Waals surface area contributed by atoms with Gasteiger partial charge in [-0.2, -0.15) is 26.3 Å². The zero-order valence-corrected chi connectivity index (χ0v) is 9.80. The Labute approximate surface area is 108 Å². The molecule has 112 valence electrons. The van der Waals surface area contributed by atoms with Crippen LogP contribution in [0.15, 0.2) is 12.1 Å². The molecule has 0 heterocycles. The third-order valence-electron chi connectivity index (χ3n) is 2.62. The first-order valence-electron chi connectivity index (χ1n) is 5.06. The van der Waals surface area contributed by atoms with Crippen LogP contribution < -0.4 is 0 Å². The molecule has 1 atom stereocenters. The third-order valence-corrected chi connectivity index (χ3v) is 2.62. The van der Waals surface area contributed by atoms with Crippen molar-refractivity contribution in [2.45, 2.75) is 25.4 Å². The molecule has 0 amide bonds. The van der Waals surface area contributed by atoms with Crippen molar-refractivity contribution in [3.05, 3.63) is 34.4 Å². The molecule has 0 bridgehead atoms. The summed E-state index contributed by atoms with van der Waals surface area (Å²) in [7, 11) is 0. The van der Waals surface area contributed by atoms with Crippen LogP contribution in [0.5, 0.6) is 0 Å². The van der Waals surface area contributed by atoms with Crippen molar-refractivity contribution in [3.63, 3.8) is 0 Å². The first-order valence-corrected chi connectivity index (χ1v) is 5.06. The van der Waals surface area contributed by atoms with Gasteiger partial charge in [0.05, 0.1) is 11.1 Å². The number of carbonyl (C=O) groups is 1.